The average molecular weight is 377 g/mol. The molecule has 0 radical (unpaired) electrons. The lowest BCUT2D eigenvalue weighted by molar-refractivity contribution is 0.306. The zero-order valence-corrected chi connectivity index (χ0v) is 15.7. The number of aromatic nitrogens is 3. The second kappa shape index (κ2) is 7.72. The van der Waals surface area contributed by atoms with Crippen LogP contribution in [0.4, 0.5) is 0 Å². The Morgan fingerprint density at radius 2 is 1.81 bits per heavy atom. The molecule has 0 spiro atoms. The van der Waals surface area contributed by atoms with Crippen LogP contribution in [-0.2, 0) is 13.0 Å². The molecule has 0 saturated heterocycles. The van der Waals surface area contributed by atoms with E-state index in [0.717, 1.165) is 28.0 Å². The summed E-state index contributed by atoms with van der Waals surface area (Å²) in [4.78, 5) is 22.4. The monoisotopic (exact) mass is 377 g/mol. The van der Waals surface area contributed by atoms with Crippen molar-refractivity contribution in [3.05, 3.63) is 87.8 Å². The molecule has 2 aromatic carbocycles. The smallest absolute Gasteiger partial charge is 0.275 e. The lowest BCUT2D eigenvalue weighted by Crippen LogP contribution is -2.08. The Morgan fingerprint density at radius 3 is 2.56 bits per heavy atom. The minimum Gasteiger partial charge on any atom is -0.489 e. The molecule has 2 heterocycles. The second-order valence-electron chi connectivity index (χ2n) is 6.21. The fraction of sp³-hybridized carbons (Fsp3) is 0.143. The molecule has 2 N–H and O–H groups in total. The van der Waals surface area contributed by atoms with Crippen molar-refractivity contribution >= 4 is 22.8 Å². The Morgan fingerprint density at radius 1 is 1.04 bits per heavy atom. The molecule has 0 fully saturated rings. The van der Waals surface area contributed by atoms with Crippen LogP contribution in [0.25, 0.3) is 11.0 Å². The quantitative estimate of drug-likeness (QED) is 0.391. The van der Waals surface area contributed by atoms with Gasteiger partial charge >= 0.3 is 0 Å². The van der Waals surface area contributed by atoms with E-state index in [1.54, 1.807) is 0 Å². The fourth-order valence-electron chi connectivity index (χ4n) is 2.94. The molecule has 6 heteroatoms. The number of benzene rings is 2. The Bertz CT molecular complexity index is 1100. The highest BCUT2D eigenvalue weighted by Gasteiger charge is 2.11. The maximum atomic E-state index is 12.1. The molecule has 136 valence electrons. The normalized spacial score (nSPS) is 11.0. The molecule has 27 heavy (non-hydrogen) atoms. The SMILES string of the molecule is CSc1nc2c(Cc3ccc(OCc4ccccc4)cc3)c[nH]c2c(=O)[nH]1. The van der Waals surface area contributed by atoms with Gasteiger partial charge in [0.05, 0.1) is 0 Å². The molecule has 4 aromatic rings. The number of aromatic amines is 2. The summed E-state index contributed by atoms with van der Waals surface area (Å²) in [6.07, 6.45) is 4.45. The number of fused-ring (bicyclic) bond motifs is 1. The van der Waals surface area contributed by atoms with Crippen molar-refractivity contribution in [3.8, 4) is 5.75 Å². The minimum atomic E-state index is -0.139. The predicted octanol–water partition coefficient (Wildman–Crippen LogP) is 4.14. The summed E-state index contributed by atoms with van der Waals surface area (Å²) in [7, 11) is 0. The van der Waals surface area contributed by atoms with Crippen LogP contribution in [0.1, 0.15) is 16.7 Å². The summed E-state index contributed by atoms with van der Waals surface area (Å²) in [6, 6.07) is 18.1. The van der Waals surface area contributed by atoms with Gasteiger partial charge in [-0.15, -0.1) is 0 Å². The van der Waals surface area contributed by atoms with Crippen molar-refractivity contribution in [3.63, 3.8) is 0 Å². The Kier molecular flexibility index (Phi) is 4.98. The van der Waals surface area contributed by atoms with E-state index in [1.807, 2.05) is 67.0 Å². The molecule has 0 aliphatic rings. The van der Waals surface area contributed by atoms with Crippen LogP contribution in [0.3, 0.4) is 0 Å². The molecule has 0 saturated carbocycles. The van der Waals surface area contributed by atoms with Gasteiger partial charge in [-0.2, -0.15) is 0 Å². The van der Waals surface area contributed by atoms with Crippen molar-refractivity contribution in [1.29, 1.82) is 0 Å². The zero-order valence-electron chi connectivity index (χ0n) is 14.9. The van der Waals surface area contributed by atoms with E-state index in [1.165, 1.54) is 11.8 Å². The first-order chi connectivity index (χ1) is 13.2. The van der Waals surface area contributed by atoms with Gasteiger partial charge in [0.25, 0.3) is 5.56 Å². The Labute approximate surface area is 160 Å². The summed E-state index contributed by atoms with van der Waals surface area (Å²) in [6.45, 7) is 0.548. The van der Waals surface area contributed by atoms with Gasteiger partial charge in [-0.3, -0.25) is 9.78 Å². The van der Waals surface area contributed by atoms with E-state index in [4.69, 9.17) is 4.74 Å². The maximum absolute atomic E-state index is 12.1. The lowest BCUT2D eigenvalue weighted by Gasteiger charge is -2.07. The maximum Gasteiger partial charge on any atom is 0.275 e. The van der Waals surface area contributed by atoms with Crippen LogP contribution in [-0.4, -0.2) is 21.2 Å². The number of nitrogens with zero attached hydrogens (tertiary/aromatic N) is 1. The Hall–Kier alpha value is -2.99. The number of hydrogen-bond acceptors (Lipinski definition) is 4. The van der Waals surface area contributed by atoms with Crippen LogP contribution in [0, 0.1) is 0 Å². The molecule has 0 aliphatic carbocycles. The van der Waals surface area contributed by atoms with E-state index in [9.17, 15) is 4.79 Å². The van der Waals surface area contributed by atoms with Gasteiger partial charge in [-0.1, -0.05) is 54.2 Å². The summed E-state index contributed by atoms with van der Waals surface area (Å²) < 4.78 is 5.83. The lowest BCUT2D eigenvalue weighted by atomic mass is 10.1. The van der Waals surface area contributed by atoms with Gasteiger partial charge in [0.2, 0.25) is 0 Å². The number of H-pyrrole nitrogens is 2. The molecule has 2 aromatic heterocycles. The summed E-state index contributed by atoms with van der Waals surface area (Å²) >= 11 is 1.42. The Balaban J connectivity index is 1.49. The van der Waals surface area contributed by atoms with Crippen LogP contribution in [0.2, 0.25) is 0 Å². The predicted molar refractivity (Wildman–Crippen MR) is 109 cm³/mol. The molecule has 4 rings (SSSR count). The first-order valence-electron chi connectivity index (χ1n) is 8.63. The molecular weight excluding hydrogens is 358 g/mol. The standard InChI is InChI=1S/C21H19N3O2S/c1-27-21-23-18-16(12-22-19(18)20(25)24-21)11-14-7-9-17(10-8-14)26-13-15-5-3-2-4-6-15/h2-10,12,22H,11,13H2,1H3,(H,23,24,25). The van der Waals surface area contributed by atoms with E-state index < -0.39 is 0 Å². The third-order valence-electron chi connectivity index (χ3n) is 4.35. The van der Waals surface area contributed by atoms with Gasteiger partial charge in [-0.05, 0) is 29.5 Å². The number of nitrogens with one attached hydrogen (secondary N) is 2. The zero-order chi connectivity index (χ0) is 18.6. The molecule has 0 atom stereocenters. The first-order valence-corrected chi connectivity index (χ1v) is 9.85. The highest BCUT2D eigenvalue weighted by Crippen LogP contribution is 2.21. The molecule has 5 nitrogen and oxygen atoms in total. The average Bonchev–Trinajstić information content (AvgIpc) is 3.11. The third-order valence-corrected chi connectivity index (χ3v) is 4.93. The minimum absolute atomic E-state index is 0.139. The van der Waals surface area contributed by atoms with Crippen molar-refractivity contribution < 1.29 is 4.74 Å². The fourth-order valence-corrected chi connectivity index (χ4v) is 3.32. The van der Waals surface area contributed by atoms with Crippen LogP contribution < -0.4 is 10.3 Å². The van der Waals surface area contributed by atoms with Crippen molar-refractivity contribution in [2.45, 2.75) is 18.2 Å². The molecular formula is C21H19N3O2S. The van der Waals surface area contributed by atoms with Gasteiger partial charge in [-0.25, -0.2) is 4.98 Å². The van der Waals surface area contributed by atoms with E-state index in [-0.39, 0.29) is 5.56 Å². The van der Waals surface area contributed by atoms with E-state index in [0.29, 0.717) is 23.7 Å². The van der Waals surface area contributed by atoms with Crippen LogP contribution in [0.15, 0.2) is 70.7 Å². The summed E-state index contributed by atoms with van der Waals surface area (Å²) in [5, 5.41) is 0.623. The van der Waals surface area contributed by atoms with Crippen molar-refractivity contribution in [2.75, 3.05) is 6.26 Å². The molecule has 0 aliphatic heterocycles. The number of hydrogen-bond donors (Lipinski definition) is 2. The number of thioether (sulfide) groups is 1. The highest BCUT2D eigenvalue weighted by molar-refractivity contribution is 7.98. The van der Waals surface area contributed by atoms with Crippen LogP contribution in [0.5, 0.6) is 5.75 Å². The van der Waals surface area contributed by atoms with E-state index in [2.05, 4.69) is 15.0 Å². The van der Waals surface area contributed by atoms with Crippen molar-refractivity contribution in [2.24, 2.45) is 0 Å². The second-order valence-corrected chi connectivity index (χ2v) is 7.00. The largest absolute Gasteiger partial charge is 0.489 e. The molecule has 0 amide bonds. The van der Waals surface area contributed by atoms with Crippen LogP contribution >= 0.6 is 11.8 Å². The van der Waals surface area contributed by atoms with Gasteiger partial charge in [0.15, 0.2) is 5.16 Å². The van der Waals surface area contributed by atoms with Gasteiger partial charge in [0, 0.05) is 18.2 Å². The molecule has 0 bridgehead atoms. The van der Waals surface area contributed by atoms with Gasteiger partial charge < -0.3 is 9.72 Å². The number of rotatable bonds is 6. The topological polar surface area (TPSA) is 70.8 Å². The first kappa shape index (κ1) is 17.4. The van der Waals surface area contributed by atoms with Gasteiger partial charge in [0.1, 0.15) is 23.4 Å². The third kappa shape index (κ3) is 3.90. The molecule has 0 unspecified atom stereocenters. The van der Waals surface area contributed by atoms with E-state index >= 15 is 0 Å². The summed E-state index contributed by atoms with van der Waals surface area (Å²) in [5.41, 5.74) is 4.39. The summed E-state index contributed by atoms with van der Waals surface area (Å²) in [5.74, 6) is 0.834. The number of ether oxygens (including phenoxy) is 1. The van der Waals surface area contributed by atoms with Crippen molar-refractivity contribution in [1.82, 2.24) is 15.0 Å². The highest BCUT2D eigenvalue weighted by atomic mass is 32.2.